The van der Waals surface area contributed by atoms with Crippen molar-refractivity contribution in [2.75, 3.05) is 20.6 Å². The van der Waals surface area contributed by atoms with E-state index in [1.165, 1.54) is 22.1 Å². The molecule has 5 heteroatoms. The van der Waals surface area contributed by atoms with Crippen molar-refractivity contribution in [3.63, 3.8) is 0 Å². The first kappa shape index (κ1) is 23.1. The lowest BCUT2D eigenvalue weighted by Crippen LogP contribution is -2.43. The van der Waals surface area contributed by atoms with Crippen LogP contribution < -0.4 is 5.32 Å². The van der Waals surface area contributed by atoms with Gasteiger partial charge >= 0.3 is 0 Å². The van der Waals surface area contributed by atoms with Gasteiger partial charge in [-0.3, -0.25) is 9.69 Å². The smallest absolute Gasteiger partial charge is 0.243 e. The highest BCUT2D eigenvalue weighted by atomic mass is 35.5. The summed E-state index contributed by atoms with van der Waals surface area (Å²) in [5.74, 6) is 0.0295. The van der Waals surface area contributed by atoms with Gasteiger partial charge in [-0.15, -0.1) is 12.4 Å². The molecule has 1 saturated carbocycles. The highest BCUT2D eigenvalue weighted by Crippen LogP contribution is 2.42. The maximum absolute atomic E-state index is 12.5. The number of halogens is 1. The van der Waals surface area contributed by atoms with E-state index < -0.39 is 0 Å². The van der Waals surface area contributed by atoms with Crippen LogP contribution in [-0.4, -0.2) is 36.4 Å². The van der Waals surface area contributed by atoms with Crippen LogP contribution in [0.2, 0.25) is 0 Å². The van der Waals surface area contributed by atoms with Gasteiger partial charge in [0.05, 0.1) is 0 Å². The Morgan fingerprint density at radius 3 is 2.45 bits per heavy atom. The lowest BCUT2D eigenvalue weighted by atomic mass is 9.74. The molecule has 1 aromatic heterocycles. The Morgan fingerprint density at radius 1 is 1.06 bits per heavy atom. The summed E-state index contributed by atoms with van der Waals surface area (Å²) in [7, 11) is 4.33. The van der Waals surface area contributed by atoms with Crippen molar-refractivity contribution in [1.29, 1.82) is 0 Å². The molecule has 164 valence electrons. The van der Waals surface area contributed by atoms with Gasteiger partial charge in [-0.2, -0.15) is 0 Å². The van der Waals surface area contributed by atoms with Gasteiger partial charge < -0.3 is 10.3 Å². The molecule has 1 fully saturated rings. The third-order valence-electron chi connectivity index (χ3n) is 6.59. The first-order valence-electron chi connectivity index (χ1n) is 10.8. The molecule has 1 heterocycles. The minimum Gasteiger partial charge on any atom is -0.361 e. The number of fused-ring (bicyclic) bond motifs is 1. The first-order valence-corrected chi connectivity index (χ1v) is 10.8. The number of nitrogens with one attached hydrogen (secondary N) is 2. The van der Waals surface area contributed by atoms with Crippen molar-refractivity contribution in [2.45, 2.75) is 37.6 Å². The number of allylic oxidation sites excluding steroid dienone is 1. The van der Waals surface area contributed by atoms with Crippen molar-refractivity contribution in [1.82, 2.24) is 15.2 Å². The van der Waals surface area contributed by atoms with Crippen LogP contribution in [0.25, 0.3) is 10.9 Å². The zero-order valence-corrected chi connectivity index (χ0v) is 19.2. The normalized spacial score (nSPS) is 18.6. The van der Waals surface area contributed by atoms with Crippen molar-refractivity contribution >= 4 is 29.2 Å². The molecule has 1 aliphatic rings. The molecule has 2 N–H and O–H groups in total. The molecule has 2 aromatic carbocycles. The van der Waals surface area contributed by atoms with E-state index in [1.807, 2.05) is 18.3 Å². The van der Waals surface area contributed by atoms with Crippen LogP contribution in [0.4, 0.5) is 0 Å². The number of benzene rings is 2. The van der Waals surface area contributed by atoms with Crippen molar-refractivity contribution in [3.8, 4) is 0 Å². The lowest BCUT2D eigenvalue weighted by molar-refractivity contribution is -0.116. The second-order valence-corrected chi connectivity index (χ2v) is 8.50. The molecule has 31 heavy (non-hydrogen) atoms. The number of nitrogens with zero attached hydrogens (tertiary/aromatic N) is 1. The fourth-order valence-corrected chi connectivity index (χ4v) is 4.77. The maximum atomic E-state index is 12.5. The largest absolute Gasteiger partial charge is 0.361 e. The molecule has 0 radical (unpaired) electrons. The monoisotopic (exact) mass is 437 g/mol. The summed E-state index contributed by atoms with van der Waals surface area (Å²) in [5, 5.41) is 4.30. The molecule has 1 amide bonds. The molecule has 1 aliphatic carbocycles. The predicted molar refractivity (Wildman–Crippen MR) is 131 cm³/mol. The highest BCUT2D eigenvalue weighted by molar-refractivity contribution is 5.88. The van der Waals surface area contributed by atoms with Gasteiger partial charge in [0.2, 0.25) is 5.91 Å². The summed E-state index contributed by atoms with van der Waals surface area (Å²) in [4.78, 5) is 18.1. The number of hydrogen-bond donors (Lipinski definition) is 2. The van der Waals surface area contributed by atoms with E-state index in [2.05, 4.69) is 77.8 Å². The SMILES string of the molecule is CN(C)C1(c2ccccc2)CCC(=CC(=O)NCCc2c[nH]c3ccccc23)CC1.Cl. The van der Waals surface area contributed by atoms with Gasteiger partial charge in [0.15, 0.2) is 0 Å². The Morgan fingerprint density at radius 2 is 1.74 bits per heavy atom. The van der Waals surface area contributed by atoms with Crippen LogP contribution in [-0.2, 0) is 16.8 Å². The third-order valence-corrected chi connectivity index (χ3v) is 6.59. The van der Waals surface area contributed by atoms with Gasteiger partial charge in [-0.25, -0.2) is 0 Å². The summed E-state index contributed by atoms with van der Waals surface area (Å²) in [6, 6.07) is 19.0. The second-order valence-electron chi connectivity index (χ2n) is 8.50. The maximum Gasteiger partial charge on any atom is 0.243 e. The van der Waals surface area contributed by atoms with E-state index in [-0.39, 0.29) is 23.9 Å². The van der Waals surface area contributed by atoms with Gasteiger partial charge in [-0.05, 0) is 63.4 Å². The number of para-hydroxylation sites is 1. The van der Waals surface area contributed by atoms with Crippen LogP contribution in [0.15, 0.2) is 72.4 Å². The van der Waals surface area contributed by atoms with E-state index in [9.17, 15) is 4.79 Å². The number of carbonyl (C=O) groups is 1. The average Bonchev–Trinajstić information content (AvgIpc) is 3.18. The highest BCUT2D eigenvalue weighted by Gasteiger charge is 2.37. The van der Waals surface area contributed by atoms with Crippen molar-refractivity contribution < 1.29 is 4.79 Å². The van der Waals surface area contributed by atoms with E-state index in [4.69, 9.17) is 0 Å². The fraction of sp³-hybridized carbons (Fsp3) is 0.346. The number of rotatable bonds is 6. The predicted octanol–water partition coefficient (Wildman–Crippen LogP) is 5.21. The Kier molecular flexibility index (Phi) is 7.58. The minimum absolute atomic E-state index is 0. The van der Waals surface area contributed by atoms with Crippen LogP contribution >= 0.6 is 12.4 Å². The zero-order chi connectivity index (χ0) is 21.0. The molecule has 0 bridgehead atoms. The molecule has 4 rings (SSSR count). The Labute approximate surface area is 191 Å². The Bertz CT molecular complexity index is 1030. The fourth-order valence-electron chi connectivity index (χ4n) is 4.77. The van der Waals surface area contributed by atoms with Crippen molar-refractivity contribution in [2.24, 2.45) is 0 Å². The molecule has 0 atom stereocenters. The lowest BCUT2D eigenvalue weighted by Gasteiger charge is -2.44. The van der Waals surface area contributed by atoms with Crippen LogP contribution in [0, 0.1) is 0 Å². The van der Waals surface area contributed by atoms with Gasteiger partial charge in [0.25, 0.3) is 0 Å². The van der Waals surface area contributed by atoms with Crippen LogP contribution in [0.1, 0.15) is 36.8 Å². The second kappa shape index (κ2) is 10.2. The summed E-state index contributed by atoms with van der Waals surface area (Å²) in [6.07, 6.45) is 8.71. The molecule has 0 unspecified atom stereocenters. The van der Waals surface area contributed by atoms with Crippen molar-refractivity contribution in [3.05, 3.63) is 83.6 Å². The Balaban J connectivity index is 0.00000272. The molecular formula is C26H32ClN3O. The zero-order valence-electron chi connectivity index (χ0n) is 18.4. The van der Waals surface area contributed by atoms with Gasteiger partial charge in [0.1, 0.15) is 0 Å². The molecule has 0 spiro atoms. The number of aromatic nitrogens is 1. The number of hydrogen-bond acceptors (Lipinski definition) is 2. The Hall–Kier alpha value is -2.56. The van der Waals surface area contributed by atoms with E-state index >= 15 is 0 Å². The summed E-state index contributed by atoms with van der Waals surface area (Å²) in [6.45, 7) is 0.649. The molecule has 0 aliphatic heterocycles. The summed E-state index contributed by atoms with van der Waals surface area (Å²) >= 11 is 0. The standard InChI is InChI=1S/C26H31N3O.ClH/c1-29(2)26(22-8-4-3-5-9-22)15-12-20(13-16-26)18-25(30)27-17-14-21-19-28-24-11-7-6-10-23(21)24;/h3-11,18-19,28H,12-17H2,1-2H3,(H,27,30);1H. The van der Waals surface area contributed by atoms with Crippen LogP contribution in [0.3, 0.4) is 0 Å². The van der Waals surface area contributed by atoms with Crippen LogP contribution in [0.5, 0.6) is 0 Å². The molecule has 0 saturated heterocycles. The third kappa shape index (κ3) is 5.03. The summed E-state index contributed by atoms with van der Waals surface area (Å²) in [5.41, 5.74) is 5.08. The summed E-state index contributed by atoms with van der Waals surface area (Å²) < 4.78 is 0. The molecular weight excluding hydrogens is 406 g/mol. The van der Waals surface area contributed by atoms with Gasteiger partial charge in [0, 0.05) is 35.3 Å². The number of amides is 1. The van der Waals surface area contributed by atoms with Gasteiger partial charge in [-0.1, -0.05) is 54.1 Å². The van der Waals surface area contributed by atoms with E-state index in [0.29, 0.717) is 6.54 Å². The number of carbonyl (C=O) groups excluding carboxylic acids is 1. The quantitative estimate of drug-likeness (QED) is 0.520. The topological polar surface area (TPSA) is 48.1 Å². The minimum atomic E-state index is 0. The first-order chi connectivity index (χ1) is 14.6. The molecule has 3 aromatic rings. The number of aromatic amines is 1. The average molecular weight is 438 g/mol. The number of H-pyrrole nitrogens is 1. The van der Waals surface area contributed by atoms with E-state index in [1.54, 1.807) is 0 Å². The molecule has 4 nitrogen and oxygen atoms in total. The van der Waals surface area contributed by atoms with E-state index in [0.717, 1.165) is 37.6 Å².